The Morgan fingerprint density at radius 1 is 0.714 bits per heavy atom. The second-order valence-corrected chi connectivity index (χ2v) is 17.6. The monoisotopic (exact) mass is 744 g/mol. The van der Waals surface area contributed by atoms with E-state index in [0.717, 1.165) is 70.0 Å². The van der Waals surface area contributed by atoms with Crippen LogP contribution in [0.2, 0.25) is 0 Å². The van der Waals surface area contributed by atoms with Crippen LogP contribution < -0.4 is 14.5 Å². The second-order valence-electron chi connectivity index (χ2n) is 17.6. The van der Waals surface area contributed by atoms with Crippen LogP contribution in [0, 0.1) is 0 Å². The molecule has 0 aromatic heterocycles. The Balaban J connectivity index is 1.55. The van der Waals surface area contributed by atoms with Gasteiger partial charge in [0, 0.05) is 68.4 Å². The standard InChI is InChI=1S/C52H60N2O2/c1-12-35(45-27-25-43(53(8)9)33-47(45)55)21-22-37-19-16-20-38(50(37)40-29-41(51(2,3)4)32-42(30-40)52(5,6)7)23-24-39-31-48(36-17-14-13-15-18-36)56-49-34-44(54(10)11)26-28-46(39)49/h12-15,17-18,21-34,55H,16,19-20H2,1-11H3/b22-21+,35-12-,38-23+,39-24+. The molecule has 0 saturated heterocycles. The molecule has 0 radical (unpaired) electrons. The fourth-order valence-electron chi connectivity index (χ4n) is 7.39. The third-order valence-corrected chi connectivity index (χ3v) is 10.9. The number of ether oxygens (including phenoxy) is 1. The van der Waals surface area contributed by atoms with Gasteiger partial charge in [-0.05, 0) is 112 Å². The molecule has 2 aliphatic rings. The molecule has 4 aromatic carbocycles. The van der Waals surface area contributed by atoms with Gasteiger partial charge in [-0.3, -0.25) is 0 Å². The van der Waals surface area contributed by atoms with E-state index in [4.69, 9.17) is 4.74 Å². The highest BCUT2D eigenvalue weighted by atomic mass is 16.5. The van der Waals surface area contributed by atoms with Gasteiger partial charge in [0.1, 0.15) is 17.3 Å². The van der Waals surface area contributed by atoms with Gasteiger partial charge in [-0.15, -0.1) is 0 Å². The van der Waals surface area contributed by atoms with Crippen LogP contribution in [0.3, 0.4) is 0 Å². The molecule has 1 aliphatic carbocycles. The Morgan fingerprint density at radius 2 is 1.36 bits per heavy atom. The van der Waals surface area contributed by atoms with Gasteiger partial charge in [0.05, 0.1) is 0 Å². The summed E-state index contributed by atoms with van der Waals surface area (Å²) in [4.78, 5) is 4.12. The molecule has 0 amide bonds. The van der Waals surface area contributed by atoms with Crippen LogP contribution in [0.1, 0.15) is 101 Å². The Bertz CT molecular complexity index is 2250. The number of benzene rings is 4. The second kappa shape index (κ2) is 16.3. The Labute approximate surface area is 336 Å². The van der Waals surface area contributed by atoms with Gasteiger partial charge in [0.15, 0.2) is 0 Å². The maximum Gasteiger partial charge on any atom is 0.137 e. The first-order valence-corrected chi connectivity index (χ1v) is 20.0. The zero-order chi connectivity index (χ0) is 40.4. The van der Waals surface area contributed by atoms with E-state index in [0.29, 0.717) is 0 Å². The zero-order valence-corrected chi connectivity index (χ0v) is 35.4. The summed E-state index contributed by atoms with van der Waals surface area (Å²) in [5, 5.41) is 11.1. The summed E-state index contributed by atoms with van der Waals surface area (Å²) in [6.07, 6.45) is 16.4. The van der Waals surface area contributed by atoms with Crippen LogP contribution >= 0.6 is 0 Å². The zero-order valence-electron chi connectivity index (χ0n) is 35.4. The fourth-order valence-corrected chi connectivity index (χ4v) is 7.39. The van der Waals surface area contributed by atoms with Gasteiger partial charge in [0.2, 0.25) is 0 Å². The van der Waals surface area contributed by atoms with Crippen LogP contribution in [0.4, 0.5) is 11.4 Å². The van der Waals surface area contributed by atoms with Crippen molar-refractivity contribution in [2.75, 3.05) is 38.0 Å². The summed E-state index contributed by atoms with van der Waals surface area (Å²) >= 11 is 0. The molecule has 4 heteroatoms. The normalized spacial score (nSPS) is 16.6. The topological polar surface area (TPSA) is 35.9 Å². The van der Waals surface area contributed by atoms with Crippen LogP contribution in [0.5, 0.6) is 11.5 Å². The van der Waals surface area contributed by atoms with Crippen molar-refractivity contribution in [3.63, 3.8) is 0 Å². The van der Waals surface area contributed by atoms with Crippen LogP contribution in [0.25, 0.3) is 22.5 Å². The van der Waals surface area contributed by atoms with Crippen molar-refractivity contribution in [2.24, 2.45) is 0 Å². The highest BCUT2D eigenvalue weighted by Crippen LogP contribution is 2.43. The highest BCUT2D eigenvalue weighted by Gasteiger charge is 2.25. The molecular formula is C52H60N2O2. The molecule has 0 unspecified atom stereocenters. The summed E-state index contributed by atoms with van der Waals surface area (Å²) in [5.74, 6) is 1.98. The summed E-state index contributed by atoms with van der Waals surface area (Å²) in [6, 6.07) is 30.0. The number of phenolic OH excluding ortho intramolecular Hbond substituents is 1. The molecule has 0 fully saturated rings. The summed E-state index contributed by atoms with van der Waals surface area (Å²) < 4.78 is 6.59. The Morgan fingerprint density at radius 3 is 1.96 bits per heavy atom. The first-order valence-electron chi connectivity index (χ1n) is 20.0. The van der Waals surface area contributed by atoms with Gasteiger partial charge in [-0.1, -0.05) is 120 Å². The fraction of sp³-hybridized carbons (Fsp3) is 0.308. The van der Waals surface area contributed by atoms with Crippen molar-refractivity contribution in [1.29, 1.82) is 0 Å². The number of aromatic hydroxyl groups is 1. The van der Waals surface area contributed by atoms with E-state index in [1.807, 2.05) is 44.1 Å². The maximum atomic E-state index is 11.1. The third-order valence-electron chi connectivity index (χ3n) is 10.9. The van der Waals surface area contributed by atoms with E-state index in [9.17, 15) is 5.11 Å². The lowest BCUT2D eigenvalue weighted by Crippen LogP contribution is -2.17. The lowest BCUT2D eigenvalue weighted by Gasteiger charge is -2.29. The van der Waals surface area contributed by atoms with Gasteiger partial charge in [0.25, 0.3) is 0 Å². The van der Waals surface area contributed by atoms with Crippen LogP contribution in [-0.2, 0) is 10.8 Å². The number of rotatable bonds is 8. The average molecular weight is 745 g/mol. The van der Waals surface area contributed by atoms with Crippen LogP contribution in [0.15, 0.2) is 133 Å². The van der Waals surface area contributed by atoms with Crippen molar-refractivity contribution in [3.8, 4) is 11.5 Å². The van der Waals surface area contributed by atoms with Crippen molar-refractivity contribution < 1.29 is 9.84 Å². The third kappa shape index (κ3) is 8.97. The molecule has 6 rings (SSSR count). The first-order chi connectivity index (χ1) is 26.5. The first kappa shape index (κ1) is 40.2. The van der Waals surface area contributed by atoms with E-state index >= 15 is 0 Å². The molecule has 290 valence electrons. The van der Waals surface area contributed by atoms with Crippen molar-refractivity contribution in [2.45, 2.75) is 78.6 Å². The average Bonchev–Trinajstić information content (AvgIpc) is 3.16. The predicted molar refractivity (Wildman–Crippen MR) is 242 cm³/mol. The molecule has 0 atom stereocenters. The van der Waals surface area contributed by atoms with E-state index in [-0.39, 0.29) is 16.6 Å². The van der Waals surface area contributed by atoms with Crippen molar-refractivity contribution >= 4 is 33.9 Å². The van der Waals surface area contributed by atoms with E-state index in [1.165, 1.54) is 33.4 Å². The minimum absolute atomic E-state index is 0.0166. The predicted octanol–water partition coefficient (Wildman–Crippen LogP) is 13.2. The largest absolute Gasteiger partial charge is 0.507 e. The van der Waals surface area contributed by atoms with E-state index in [1.54, 1.807) is 0 Å². The molecule has 1 aliphatic heterocycles. The minimum Gasteiger partial charge on any atom is -0.507 e. The van der Waals surface area contributed by atoms with Crippen molar-refractivity contribution in [3.05, 3.63) is 166 Å². The lowest BCUT2D eigenvalue weighted by molar-refractivity contribution is 0.474. The Kier molecular flexibility index (Phi) is 11.7. The molecular weight excluding hydrogens is 685 g/mol. The summed E-state index contributed by atoms with van der Waals surface area (Å²) in [7, 11) is 8.10. The van der Waals surface area contributed by atoms with Gasteiger partial charge in [-0.25, -0.2) is 0 Å². The van der Waals surface area contributed by atoms with Gasteiger partial charge >= 0.3 is 0 Å². The highest BCUT2D eigenvalue weighted by molar-refractivity contribution is 5.91. The lowest BCUT2D eigenvalue weighted by atomic mass is 9.76. The van der Waals surface area contributed by atoms with E-state index in [2.05, 4.69) is 164 Å². The molecule has 0 spiro atoms. The minimum atomic E-state index is -0.0166. The van der Waals surface area contributed by atoms with Crippen molar-refractivity contribution in [1.82, 2.24) is 0 Å². The number of nitrogens with zero attached hydrogens (tertiary/aromatic N) is 2. The molecule has 1 N–H and O–H groups in total. The number of phenols is 1. The molecule has 4 nitrogen and oxygen atoms in total. The molecule has 0 saturated carbocycles. The van der Waals surface area contributed by atoms with Gasteiger partial charge in [-0.2, -0.15) is 0 Å². The molecule has 0 bridgehead atoms. The Hall–Kier alpha value is -5.48. The number of allylic oxidation sites excluding steroid dienone is 11. The quantitative estimate of drug-likeness (QED) is 0.182. The SMILES string of the molecule is C/C=C(/C=C/C1=C(c2cc(C(C)(C)C)cc(C(C)(C)C)c2)C(=C/C=C2\C=C(c3ccccc3)Oc3cc(N(C)C)ccc32)/CCC1)c1ccc(N(C)C)cc1O. The van der Waals surface area contributed by atoms with Gasteiger partial charge < -0.3 is 19.6 Å². The molecule has 1 heterocycles. The smallest absolute Gasteiger partial charge is 0.137 e. The number of fused-ring (bicyclic) bond motifs is 1. The summed E-state index contributed by atoms with van der Waals surface area (Å²) in [6.45, 7) is 15.9. The maximum absolute atomic E-state index is 11.1. The number of anilines is 2. The van der Waals surface area contributed by atoms with Crippen LogP contribution in [-0.4, -0.2) is 33.3 Å². The molecule has 4 aromatic rings. The summed E-state index contributed by atoms with van der Waals surface area (Å²) in [5.41, 5.74) is 15.0. The van der Waals surface area contributed by atoms with E-state index < -0.39 is 0 Å². The molecule has 56 heavy (non-hydrogen) atoms. The number of hydrogen-bond acceptors (Lipinski definition) is 4. The number of hydrogen-bond donors (Lipinski definition) is 1.